The second-order valence-electron chi connectivity index (χ2n) is 10.1. The highest BCUT2D eigenvalue weighted by Crippen LogP contribution is 2.54. The van der Waals surface area contributed by atoms with Gasteiger partial charge < -0.3 is 15.5 Å². The Balaban J connectivity index is 1.46. The van der Waals surface area contributed by atoms with E-state index in [1.165, 1.54) is 35.2 Å². The number of rotatable bonds is 3. The predicted molar refractivity (Wildman–Crippen MR) is 123 cm³/mol. The Morgan fingerprint density at radius 3 is 2.49 bits per heavy atom. The lowest BCUT2D eigenvalue weighted by atomic mass is 9.76. The van der Waals surface area contributed by atoms with Crippen molar-refractivity contribution in [2.75, 3.05) is 5.32 Å². The average molecular weight is 480 g/mol. The highest BCUT2D eigenvalue weighted by Gasteiger charge is 2.70. The molecule has 1 aliphatic carbocycles. The van der Waals surface area contributed by atoms with Crippen molar-refractivity contribution in [2.24, 2.45) is 11.8 Å². The Morgan fingerprint density at radius 2 is 1.74 bits per heavy atom. The van der Waals surface area contributed by atoms with Gasteiger partial charge in [0.1, 0.15) is 11.4 Å². The van der Waals surface area contributed by atoms with Gasteiger partial charge in [-0.25, -0.2) is 4.39 Å². The Labute approximate surface area is 201 Å². The van der Waals surface area contributed by atoms with Gasteiger partial charge in [-0.2, -0.15) is 0 Å². The van der Waals surface area contributed by atoms with E-state index in [2.05, 4.69) is 10.6 Å². The third-order valence-electron chi connectivity index (χ3n) is 8.15. The highest BCUT2D eigenvalue weighted by atomic mass is 19.1. The van der Waals surface area contributed by atoms with Gasteiger partial charge in [0.2, 0.25) is 17.7 Å². The minimum Gasteiger partial charge on any atom is -0.504 e. The van der Waals surface area contributed by atoms with Crippen molar-refractivity contribution >= 4 is 23.4 Å². The molecule has 0 bridgehead atoms. The third kappa shape index (κ3) is 3.10. The number of carbonyl (C=O) groups is 3. The Morgan fingerprint density at radius 1 is 0.971 bits per heavy atom. The number of likely N-dealkylation sites (tertiary alicyclic amines) is 1. The summed E-state index contributed by atoms with van der Waals surface area (Å²) in [7, 11) is 0. The van der Waals surface area contributed by atoms with E-state index in [-0.39, 0.29) is 35.8 Å². The Bertz CT molecular complexity index is 1260. The molecular weight excluding hydrogens is 453 g/mol. The zero-order valence-electron chi connectivity index (χ0n) is 19.0. The fourth-order valence-corrected chi connectivity index (χ4v) is 6.62. The van der Waals surface area contributed by atoms with Crippen LogP contribution in [0.15, 0.2) is 36.4 Å². The number of phenols is 2. The molecule has 3 heterocycles. The molecule has 0 aromatic heterocycles. The first kappa shape index (κ1) is 22.0. The van der Waals surface area contributed by atoms with E-state index in [0.29, 0.717) is 16.8 Å². The van der Waals surface area contributed by atoms with Crippen molar-refractivity contribution in [3.8, 4) is 11.5 Å². The van der Waals surface area contributed by atoms with Crippen molar-refractivity contribution in [1.29, 1.82) is 0 Å². The van der Waals surface area contributed by atoms with E-state index in [0.717, 1.165) is 32.1 Å². The minimum absolute atomic E-state index is 0.193. The molecule has 1 saturated carbocycles. The monoisotopic (exact) mass is 479 g/mol. The predicted octanol–water partition coefficient (Wildman–Crippen LogP) is 2.53. The number of nitrogens with one attached hydrogen (secondary N) is 2. The molecule has 4 aliphatic rings. The molecule has 4 N–H and O–H groups in total. The molecule has 2 aromatic carbocycles. The van der Waals surface area contributed by atoms with Gasteiger partial charge in [-0.15, -0.1) is 0 Å². The van der Waals surface area contributed by atoms with Gasteiger partial charge >= 0.3 is 0 Å². The van der Waals surface area contributed by atoms with Gasteiger partial charge in [-0.05, 0) is 55.2 Å². The smallest absolute Gasteiger partial charge is 0.250 e. The molecule has 8 nitrogen and oxygen atoms in total. The maximum absolute atomic E-state index is 14.4. The molecule has 35 heavy (non-hydrogen) atoms. The summed E-state index contributed by atoms with van der Waals surface area (Å²) in [6.45, 7) is 0. The van der Waals surface area contributed by atoms with E-state index in [1.807, 2.05) is 0 Å². The fourth-order valence-electron chi connectivity index (χ4n) is 6.62. The van der Waals surface area contributed by atoms with Crippen LogP contribution in [-0.2, 0) is 26.3 Å². The zero-order chi connectivity index (χ0) is 24.5. The molecule has 0 radical (unpaired) electrons. The molecule has 3 amide bonds. The first-order chi connectivity index (χ1) is 16.8. The number of carbonyl (C=O) groups excluding carboxylic acids is 3. The average Bonchev–Trinajstić information content (AvgIpc) is 3.41. The number of benzene rings is 2. The number of amides is 3. The number of hydrogen-bond acceptors (Lipinski definition) is 6. The van der Waals surface area contributed by atoms with Crippen LogP contribution in [-0.4, -0.2) is 44.9 Å². The number of imide groups is 1. The Hall–Kier alpha value is -3.46. The summed E-state index contributed by atoms with van der Waals surface area (Å²) in [5.41, 5.74) is -0.188. The largest absolute Gasteiger partial charge is 0.504 e. The minimum atomic E-state index is -1.57. The topological polar surface area (TPSA) is 119 Å². The molecule has 182 valence electrons. The number of halogens is 1. The van der Waals surface area contributed by atoms with E-state index in [4.69, 9.17) is 0 Å². The van der Waals surface area contributed by atoms with Crippen LogP contribution >= 0.6 is 0 Å². The summed E-state index contributed by atoms with van der Waals surface area (Å²) in [6.07, 6.45) is 4.65. The number of aromatic hydroxyl groups is 2. The number of phenolic OH excluding ortho intramolecular Hbond substituents is 2. The standard InChI is InChI=1S/C26H26FN3O5/c27-14-7-8-17-16(12-14)26(25(35)28-17)22-21(18(29-26)10-13-6-9-19(31)20(32)11-13)23(33)30(24(22)34)15-4-2-1-3-5-15/h6-9,11-12,15,18,21-22,29,31-32H,1-5,10H2,(H,28,35)/t18-,21-,22+,26-/m1/s1. The second kappa shape index (κ2) is 7.78. The highest BCUT2D eigenvalue weighted by molar-refractivity contribution is 6.15. The van der Waals surface area contributed by atoms with Gasteiger partial charge in [0.05, 0.1) is 11.8 Å². The summed E-state index contributed by atoms with van der Waals surface area (Å²) in [5.74, 6) is -4.09. The zero-order valence-corrected chi connectivity index (χ0v) is 19.0. The fraction of sp³-hybridized carbons (Fsp3) is 0.423. The van der Waals surface area contributed by atoms with Crippen LogP contribution in [0, 0.1) is 17.7 Å². The normalized spacial score (nSPS) is 30.1. The lowest BCUT2D eigenvalue weighted by molar-refractivity contribution is -0.146. The number of nitrogens with zero attached hydrogens (tertiary/aromatic N) is 1. The molecular formula is C26H26FN3O5. The molecule has 0 unspecified atom stereocenters. The summed E-state index contributed by atoms with van der Waals surface area (Å²) in [6, 6.07) is 7.55. The van der Waals surface area contributed by atoms with Gasteiger partial charge in [0, 0.05) is 23.3 Å². The van der Waals surface area contributed by atoms with Gasteiger partial charge in [0.15, 0.2) is 11.5 Å². The van der Waals surface area contributed by atoms with Gasteiger partial charge in [0.25, 0.3) is 0 Å². The molecule has 3 fully saturated rings. The van der Waals surface area contributed by atoms with E-state index in [1.54, 1.807) is 6.07 Å². The van der Waals surface area contributed by atoms with Crippen molar-refractivity contribution in [1.82, 2.24) is 10.2 Å². The van der Waals surface area contributed by atoms with Crippen LogP contribution < -0.4 is 10.6 Å². The summed E-state index contributed by atoms with van der Waals surface area (Å²) >= 11 is 0. The SMILES string of the molecule is O=C1[C@H]2[C@@H](C(=O)N1C1CCCCC1)[C@@]1(N[C@@H]2Cc2ccc(O)c(O)c2)C(=O)Nc2ccc(F)cc21. The van der Waals surface area contributed by atoms with Crippen LogP contribution in [0.5, 0.6) is 11.5 Å². The summed E-state index contributed by atoms with van der Waals surface area (Å²) in [5, 5.41) is 25.7. The van der Waals surface area contributed by atoms with Crippen molar-refractivity contribution in [3.63, 3.8) is 0 Å². The first-order valence-electron chi connectivity index (χ1n) is 12.1. The number of hydrogen-bond donors (Lipinski definition) is 4. The molecule has 2 aromatic rings. The van der Waals surface area contributed by atoms with Crippen LogP contribution in [0.1, 0.15) is 43.2 Å². The van der Waals surface area contributed by atoms with Gasteiger partial charge in [-0.3, -0.25) is 24.6 Å². The molecule has 9 heteroatoms. The lowest BCUT2D eigenvalue weighted by Gasteiger charge is -2.34. The number of anilines is 1. The van der Waals surface area contributed by atoms with E-state index in [9.17, 15) is 29.0 Å². The molecule has 6 rings (SSSR count). The first-order valence-corrected chi connectivity index (χ1v) is 12.1. The maximum atomic E-state index is 14.4. The molecule has 3 aliphatic heterocycles. The lowest BCUT2D eigenvalue weighted by Crippen LogP contribution is -2.54. The van der Waals surface area contributed by atoms with Gasteiger partial charge in [-0.1, -0.05) is 25.3 Å². The molecule has 2 saturated heterocycles. The van der Waals surface area contributed by atoms with E-state index >= 15 is 0 Å². The van der Waals surface area contributed by atoms with Crippen LogP contribution in [0.3, 0.4) is 0 Å². The second-order valence-corrected chi connectivity index (χ2v) is 10.1. The summed E-state index contributed by atoms with van der Waals surface area (Å²) < 4.78 is 14.4. The number of fused-ring (bicyclic) bond motifs is 4. The quantitative estimate of drug-likeness (QED) is 0.397. The summed E-state index contributed by atoms with van der Waals surface area (Å²) in [4.78, 5) is 42.6. The Kier molecular flexibility index (Phi) is 4.90. The van der Waals surface area contributed by atoms with Crippen LogP contribution in [0.2, 0.25) is 0 Å². The van der Waals surface area contributed by atoms with Crippen molar-refractivity contribution in [3.05, 3.63) is 53.3 Å². The van der Waals surface area contributed by atoms with Crippen LogP contribution in [0.4, 0.5) is 10.1 Å². The third-order valence-corrected chi connectivity index (χ3v) is 8.15. The van der Waals surface area contributed by atoms with E-state index < -0.39 is 35.1 Å². The maximum Gasteiger partial charge on any atom is 0.250 e. The molecule has 1 spiro atoms. The van der Waals surface area contributed by atoms with Crippen LogP contribution in [0.25, 0.3) is 0 Å². The van der Waals surface area contributed by atoms with Crippen molar-refractivity contribution < 1.29 is 29.0 Å². The molecule has 4 atom stereocenters. The van der Waals surface area contributed by atoms with Crippen molar-refractivity contribution in [2.45, 2.75) is 56.1 Å².